The Kier molecular flexibility index (Phi) is 5.85. The van der Waals surface area contributed by atoms with E-state index >= 15 is 0 Å². The van der Waals surface area contributed by atoms with Gasteiger partial charge in [-0.25, -0.2) is 0 Å². The van der Waals surface area contributed by atoms with Crippen LogP contribution < -0.4 is 0 Å². The maximum absolute atomic E-state index is 12.3. The van der Waals surface area contributed by atoms with E-state index in [1.165, 1.54) is 14.1 Å². The lowest BCUT2D eigenvalue weighted by Gasteiger charge is -2.55. The molecule has 2 atom stereocenters. The number of hydrogen-bond acceptors (Lipinski definition) is 3. The van der Waals surface area contributed by atoms with E-state index in [9.17, 15) is 28.7 Å². The normalized spacial score (nSPS) is 27.3. The zero-order chi connectivity index (χ0) is 16.7. The Hall–Kier alpha value is 0.610. The van der Waals surface area contributed by atoms with Crippen LogP contribution >= 0.6 is 27.8 Å². The third-order valence-corrected chi connectivity index (χ3v) is 10.0. The molecule has 0 amide bonds. The third-order valence-electron chi connectivity index (χ3n) is 4.75. The van der Waals surface area contributed by atoms with Gasteiger partial charge in [0.25, 0.3) is 0 Å². The summed E-state index contributed by atoms with van der Waals surface area (Å²) in [5.74, 6) is -0.487. The van der Waals surface area contributed by atoms with Gasteiger partial charge in [-0.05, 0) is 30.9 Å². The third kappa shape index (κ3) is 3.15. The minimum absolute atomic E-state index is 0.236. The molecule has 1 fully saturated rings. The van der Waals surface area contributed by atoms with E-state index in [0.717, 1.165) is 0 Å². The van der Waals surface area contributed by atoms with E-state index in [0.29, 0.717) is 31.6 Å². The zero-order valence-corrected chi connectivity index (χ0v) is 15.3. The number of piperidine rings is 1. The quantitative estimate of drug-likeness (QED) is 0.287. The molecule has 1 heterocycles. The fourth-order valence-electron chi connectivity index (χ4n) is 3.89. The van der Waals surface area contributed by atoms with Gasteiger partial charge in [0.2, 0.25) is 0 Å². The second-order valence-electron chi connectivity index (χ2n) is 6.42. The minimum Gasteiger partial charge on any atom is -0.320 e. The summed E-state index contributed by atoms with van der Waals surface area (Å²) in [6, 6.07) is 0. The molecule has 0 saturated carbocycles. The van der Waals surface area contributed by atoms with Crippen molar-refractivity contribution in [3.63, 3.8) is 0 Å². The van der Waals surface area contributed by atoms with E-state index in [1.807, 2.05) is 0 Å². The van der Waals surface area contributed by atoms with Crippen LogP contribution in [0.2, 0.25) is 0 Å². The van der Waals surface area contributed by atoms with Gasteiger partial charge in [0.15, 0.2) is 0 Å². The summed E-state index contributed by atoms with van der Waals surface area (Å²) in [7, 11) is -7.13. The molecule has 126 valence electrons. The minimum atomic E-state index is -5.06. The van der Waals surface area contributed by atoms with Crippen LogP contribution in [0.3, 0.4) is 0 Å². The second kappa shape index (κ2) is 6.25. The van der Waals surface area contributed by atoms with Gasteiger partial charge in [0, 0.05) is 5.92 Å². The van der Waals surface area contributed by atoms with Crippen molar-refractivity contribution in [1.29, 1.82) is 0 Å². The average molecular weight is 362 g/mol. The topological polar surface area (TPSA) is 115 Å². The van der Waals surface area contributed by atoms with Crippen LogP contribution in [0, 0.1) is 11.8 Å². The van der Waals surface area contributed by atoms with Gasteiger partial charge in [-0.2, -0.15) is 12.6 Å². The molecule has 0 spiro atoms. The molecule has 0 aromatic rings. The molecule has 0 aromatic heterocycles. The Balaban J connectivity index is 3.61. The number of rotatable bonds is 5. The highest BCUT2D eigenvalue weighted by molar-refractivity contribution is 7.80. The molecular weight excluding hydrogens is 336 g/mol. The molecule has 0 aromatic carbocycles. The highest BCUT2D eigenvalue weighted by Gasteiger charge is 2.76. The van der Waals surface area contributed by atoms with Gasteiger partial charge in [-0.3, -0.25) is 9.13 Å². The summed E-state index contributed by atoms with van der Waals surface area (Å²) in [4.78, 5) is 39.7. The Bertz CT molecular complexity index is 451. The molecule has 1 aliphatic rings. The molecule has 1 saturated heterocycles. The van der Waals surface area contributed by atoms with Gasteiger partial charge in [0.1, 0.15) is 0 Å². The van der Waals surface area contributed by atoms with Crippen molar-refractivity contribution < 1.29 is 33.2 Å². The Morgan fingerprint density at radius 3 is 2.10 bits per heavy atom. The predicted molar refractivity (Wildman–Crippen MR) is 84.2 cm³/mol. The van der Waals surface area contributed by atoms with Crippen molar-refractivity contribution in [2.24, 2.45) is 11.8 Å². The lowest BCUT2D eigenvalue weighted by molar-refractivity contribution is -0.924. The largest absolute Gasteiger partial charge is 0.398 e. The predicted octanol–water partition coefficient (Wildman–Crippen LogP) is 1.44. The number of likely N-dealkylation sites (tertiary alicyclic amines) is 1. The molecule has 4 N–H and O–H groups in total. The molecule has 1 rings (SSSR count). The van der Waals surface area contributed by atoms with E-state index in [4.69, 9.17) is 0 Å². The number of quaternary nitrogens is 1. The Morgan fingerprint density at radius 2 is 1.71 bits per heavy atom. The SMILES string of the molecule is CC(CCS)C1CCC[N+](C)(C)C1(P(=O)(O)O)P(=O)(O)O. The fourth-order valence-corrected chi connectivity index (χ4v) is 8.90. The lowest BCUT2D eigenvalue weighted by atomic mass is 9.83. The lowest BCUT2D eigenvalue weighted by Crippen LogP contribution is -2.66. The molecule has 0 radical (unpaired) electrons. The summed E-state index contributed by atoms with van der Waals surface area (Å²) < 4.78 is 24.1. The van der Waals surface area contributed by atoms with Gasteiger partial charge >= 0.3 is 20.2 Å². The molecule has 0 aliphatic carbocycles. The highest BCUT2D eigenvalue weighted by Crippen LogP contribution is 2.77. The van der Waals surface area contributed by atoms with Crippen molar-refractivity contribution in [3.8, 4) is 0 Å². The number of thiol groups is 1. The standard InChI is InChI=1S/C11H25NO6P2S/c1-9(6-8-21)10-5-4-7-12(2,3)11(10,19(13,14)15)20(16,17)18/h9-10H,4-8H2,1-3H3,(H4-,13,14,15,16,17,18,21)/p+1. The van der Waals surface area contributed by atoms with Gasteiger partial charge in [-0.1, -0.05) is 6.92 Å². The monoisotopic (exact) mass is 362 g/mol. The molecule has 1 aliphatic heterocycles. The first-order chi connectivity index (χ1) is 9.33. The molecule has 2 unspecified atom stereocenters. The summed E-state index contributed by atoms with van der Waals surface area (Å²) in [6.45, 7) is 2.10. The van der Waals surface area contributed by atoms with E-state index in [2.05, 4.69) is 12.6 Å². The van der Waals surface area contributed by atoms with Crippen LogP contribution in [0.15, 0.2) is 0 Å². The summed E-state index contributed by atoms with van der Waals surface area (Å²) >= 11 is 4.13. The van der Waals surface area contributed by atoms with Crippen LogP contribution in [0.25, 0.3) is 0 Å². The van der Waals surface area contributed by atoms with Gasteiger partial charge in [-0.15, -0.1) is 0 Å². The second-order valence-corrected chi connectivity index (χ2v) is 10.8. The summed E-state index contributed by atoms with van der Waals surface area (Å²) in [5.41, 5.74) is 0. The molecular formula is C11H26NO6P2S+. The van der Waals surface area contributed by atoms with E-state index in [1.54, 1.807) is 6.92 Å². The van der Waals surface area contributed by atoms with E-state index < -0.39 is 26.1 Å². The molecule has 21 heavy (non-hydrogen) atoms. The number of hydrogen-bond donors (Lipinski definition) is 5. The van der Waals surface area contributed by atoms with E-state index in [-0.39, 0.29) is 10.4 Å². The van der Waals surface area contributed by atoms with Crippen LogP contribution in [-0.2, 0) is 9.13 Å². The zero-order valence-electron chi connectivity index (χ0n) is 12.6. The highest BCUT2D eigenvalue weighted by atomic mass is 32.1. The van der Waals surface area contributed by atoms with Crippen molar-refractivity contribution in [2.75, 3.05) is 26.4 Å². The first-order valence-corrected chi connectivity index (χ1v) is 10.7. The average Bonchev–Trinajstić information content (AvgIpc) is 2.23. The fraction of sp³-hybridized carbons (Fsp3) is 1.00. The number of nitrogens with zero attached hydrogens (tertiary/aromatic N) is 1. The first kappa shape index (κ1) is 19.7. The molecule has 0 bridgehead atoms. The van der Waals surface area contributed by atoms with Gasteiger partial charge < -0.3 is 24.1 Å². The smallest absolute Gasteiger partial charge is 0.320 e. The summed E-state index contributed by atoms with van der Waals surface area (Å²) in [5, 5.41) is -2.37. The van der Waals surface area contributed by atoms with Crippen molar-refractivity contribution in [2.45, 2.75) is 31.2 Å². The maximum Gasteiger partial charge on any atom is 0.398 e. The van der Waals surface area contributed by atoms with Crippen LogP contribution in [0.5, 0.6) is 0 Å². The van der Waals surface area contributed by atoms with Crippen molar-refractivity contribution in [1.82, 2.24) is 0 Å². The van der Waals surface area contributed by atoms with Crippen molar-refractivity contribution >= 4 is 27.8 Å². The summed E-state index contributed by atoms with van der Waals surface area (Å²) in [6.07, 6.45) is 1.62. The van der Waals surface area contributed by atoms with Crippen molar-refractivity contribution in [3.05, 3.63) is 0 Å². The van der Waals surface area contributed by atoms with Gasteiger partial charge in [0.05, 0.1) is 20.6 Å². The first-order valence-electron chi connectivity index (χ1n) is 6.88. The Labute approximate surface area is 131 Å². The molecule has 7 nitrogen and oxygen atoms in total. The Morgan fingerprint density at radius 1 is 1.24 bits per heavy atom. The molecule has 10 heteroatoms. The van der Waals surface area contributed by atoms with Crippen LogP contribution in [0.1, 0.15) is 26.2 Å². The maximum atomic E-state index is 12.3. The van der Waals surface area contributed by atoms with Crippen LogP contribution in [-0.4, -0.2) is 55.5 Å². The van der Waals surface area contributed by atoms with Crippen LogP contribution in [0.4, 0.5) is 0 Å².